The fourth-order valence-electron chi connectivity index (χ4n) is 3.63. The van der Waals surface area contributed by atoms with Crippen molar-refractivity contribution in [2.24, 2.45) is 0 Å². The molecule has 1 saturated carbocycles. The van der Waals surface area contributed by atoms with E-state index in [1.807, 2.05) is 4.90 Å². The maximum absolute atomic E-state index is 12.3. The lowest BCUT2D eigenvalue weighted by Crippen LogP contribution is -2.53. The molecule has 3 rings (SSSR count). The predicted molar refractivity (Wildman–Crippen MR) is 94.2 cm³/mol. The molecular weight excluding hydrogens is 320 g/mol. The molecular formula is C19H24N2O4. The Morgan fingerprint density at radius 1 is 1.04 bits per heavy atom. The number of nitrogens with zero attached hydrogens (tertiary/aromatic N) is 2. The van der Waals surface area contributed by atoms with Gasteiger partial charge >= 0.3 is 5.97 Å². The van der Waals surface area contributed by atoms with Crippen molar-refractivity contribution in [3.05, 3.63) is 41.5 Å². The van der Waals surface area contributed by atoms with Crippen molar-refractivity contribution in [1.29, 1.82) is 0 Å². The second-order valence-electron chi connectivity index (χ2n) is 6.69. The Bertz CT molecular complexity index is 648. The van der Waals surface area contributed by atoms with Gasteiger partial charge in [-0.1, -0.05) is 12.1 Å². The number of hydrogen-bond acceptors (Lipinski definition) is 4. The van der Waals surface area contributed by atoms with Gasteiger partial charge in [-0.05, 0) is 43.0 Å². The van der Waals surface area contributed by atoms with Crippen molar-refractivity contribution in [2.75, 3.05) is 26.2 Å². The molecule has 0 radical (unpaired) electrons. The summed E-state index contributed by atoms with van der Waals surface area (Å²) in [6.07, 6.45) is 6.02. The van der Waals surface area contributed by atoms with Crippen LogP contribution in [0.2, 0.25) is 0 Å². The number of rotatable bonds is 4. The standard InChI is InChI=1S/C19H24N2O4/c22-17-3-1-2-16(17)20-10-12-21(13-11-20)18(23)9-6-14-4-7-15(8-5-14)19(24)25/h4-9,16-17,22H,1-3,10-13H2,(H,24,25)/b9-6+. The lowest BCUT2D eigenvalue weighted by molar-refractivity contribution is -0.128. The monoisotopic (exact) mass is 344 g/mol. The summed E-state index contributed by atoms with van der Waals surface area (Å²) in [4.78, 5) is 27.3. The number of benzene rings is 1. The lowest BCUT2D eigenvalue weighted by atomic mass is 10.1. The van der Waals surface area contributed by atoms with E-state index in [0.29, 0.717) is 13.1 Å². The van der Waals surface area contributed by atoms with Crippen molar-refractivity contribution in [3.8, 4) is 0 Å². The van der Waals surface area contributed by atoms with Gasteiger partial charge in [0.25, 0.3) is 0 Å². The molecule has 1 saturated heterocycles. The fraction of sp³-hybridized carbons (Fsp3) is 0.474. The number of aliphatic hydroxyl groups is 1. The molecule has 2 unspecified atom stereocenters. The number of carboxylic acid groups (broad SMARTS) is 1. The average Bonchev–Trinajstić information content (AvgIpc) is 3.06. The molecule has 1 amide bonds. The zero-order chi connectivity index (χ0) is 17.8. The zero-order valence-corrected chi connectivity index (χ0v) is 14.2. The normalized spacial score (nSPS) is 24.8. The maximum Gasteiger partial charge on any atom is 0.335 e. The highest BCUT2D eigenvalue weighted by molar-refractivity contribution is 5.92. The Morgan fingerprint density at radius 2 is 1.72 bits per heavy atom. The van der Waals surface area contributed by atoms with E-state index in [1.54, 1.807) is 18.2 Å². The summed E-state index contributed by atoms with van der Waals surface area (Å²) in [6.45, 7) is 2.94. The van der Waals surface area contributed by atoms with Gasteiger partial charge in [-0.3, -0.25) is 9.69 Å². The average molecular weight is 344 g/mol. The zero-order valence-electron chi connectivity index (χ0n) is 14.2. The molecule has 1 heterocycles. The highest BCUT2D eigenvalue weighted by Crippen LogP contribution is 2.25. The summed E-state index contributed by atoms with van der Waals surface area (Å²) in [6, 6.07) is 6.68. The third kappa shape index (κ3) is 4.27. The first-order valence-electron chi connectivity index (χ1n) is 8.77. The minimum Gasteiger partial charge on any atom is -0.478 e. The number of aliphatic hydroxyl groups excluding tert-OH is 1. The van der Waals surface area contributed by atoms with Gasteiger partial charge in [0.05, 0.1) is 11.7 Å². The first-order valence-corrected chi connectivity index (χ1v) is 8.77. The number of aromatic carboxylic acids is 1. The van der Waals surface area contributed by atoms with Crippen molar-refractivity contribution in [3.63, 3.8) is 0 Å². The topological polar surface area (TPSA) is 81.1 Å². The molecule has 1 aromatic carbocycles. The quantitative estimate of drug-likeness (QED) is 0.808. The predicted octanol–water partition coefficient (Wildman–Crippen LogP) is 1.46. The Labute approximate surface area is 147 Å². The number of hydrogen-bond donors (Lipinski definition) is 2. The van der Waals surface area contributed by atoms with Gasteiger partial charge in [0, 0.05) is 38.3 Å². The minimum atomic E-state index is -0.961. The van der Waals surface area contributed by atoms with Crippen LogP contribution < -0.4 is 0 Å². The summed E-state index contributed by atoms with van der Waals surface area (Å²) in [5.74, 6) is -0.995. The molecule has 1 aliphatic heterocycles. The van der Waals surface area contributed by atoms with E-state index >= 15 is 0 Å². The number of carbonyl (C=O) groups excluding carboxylic acids is 1. The first kappa shape index (κ1) is 17.6. The molecule has 0 bridgehead atoms. The molecule has 6 heteroatoms. The third-order valence-electron chi connectivity index (χ3n) is 5.11. The number of piperazine rings is 1. The van der Waals surface area contributed by atoms with Crippen LogP contribution in [0.25, 0.3) is 6.08 Å². The van der Waals surface area contributed by atoms with Gasteiger partial charge in [-0.2, -0.15) is 0 Å². The summed E-state index contributed by atoms with van der Waals surface area (Å²) >= 11 is 0. The number of amides is 1. The summed E-state index contributed by atoms with van der Waals surface area (Å²) in [5.41, 5.74) is 1.03. The van der Waals surface area contributed by atoms with Crippen molar-refractivity contribution in [2.45, 2.75) is 31.4 Å². The van der Waals surface area contributed by atoms with Gasteiger partial charge in [0.1, 0.15) is 0 Å². The molecule has 0 spiro atoms. The van der Waals surface area contributed by atoms with Crippen LogP contribution in [0.4, 0.5) is 0 Å². The van der Waals surface area contributed by atoms with Crippen molar-refractivity contribution >= 4 is 18.0 Å². The largest absolute Gasteiger partial charge is 0.478 e. The van der Waals surface area contributed by atoms with Crippen LogP contribution in [-0.4, -0.2) is 70.2 Å². The Balaban J connectivity index is 1.51. The van der Waals surface area contributed by atoms with E-state index in [-0.39, 0.29) is 23.6 Å². The molecule has 1 aliphatic carbocycles. The van der Waals surface area contributed by atoms with E-state index in [9.17, 15) is 14.7 Å². The second-order valence-corrected chi connectivity index (χ2v) is 6.69. The highest BCUT2D eigenvalue weighted by Gasteiger charge is 2.32. The number of carboxylic acids is 1. The molecule has 2 atom stereocenters. The first-order chi connectivity index (χ1) is 12.0. The Kier molecular flexibility index (Phi) is 5.50. The molecule has 6 nitrogen and oxygen atoms in total. The van der Waals surface area contributed by atoms with Crippen molar-refractivity contribution in [1.82, 2.24) is 9.80 Å². The Hall–Kier alpha value is -2.18. The SMILES string of the molecule is O=C(O)c1ccc(/C=C/C(=O)N2CCN(C3CCCC3O)CC2)cc1. The minimum absolute atomic E-state index is 0.0334. The van der Waals surface area contributed by atoms with Gasteiger partial charge in [0.2, 0.25) is 5.91 Å². The van der Waals surface area contributed by atoms with Gasteiger partial charge in [-0.25, -0.2) is 4.79 Å². The van der Waals surface area contributed by atoms with Gasteiger partial charge in [0.15, 0.2) is 0 Å². The molecule has 1 aromatic rings. The van der Waals surface area contributed by atoms with E-state index in [4.69, 9.17) is 5.11 Å². The van der Waals surface area contributed by atoms with E-state index < -0.39 is 5.97 Å². The van der Waals surface area contributed by atoms with E-state index in [0.717, 1.165) is 37.9 Å². The summed E-state index contributed by atoms with van der Waals surface area (Å²) in [5, 5.41) is 18.9. The van der Waals surface area contributed by atoms with Gasteiger partial charge < -0.3 is 15.1 Å². The summed E-state index contributed by atoms with van der Waals surface area (Å²) < 4.78 is 0. The summed E-state index contributed by atoms with van der Waals surface area (Å²) in [7, 11) is 0. The molecule has 2 N–H and O–H groups in total. The second kappa shape index (κ2) is 7.80. The van der Waals surface area contributed by atoms with Crippen LogP contribution in [0.1, 0.15) is 35.2 Å². The van der Waals surface area contributed by atoms with Crippen LogP contribution in [0.5, 0.6) is 0 Å². The Morgan fingerprint density at radius 3 is 2.28 bits per heavy atom. The van der Waals surface area contributed by atoms with E-state index in [2.05, 4.69) is 4.90 Å². The van der Waals surface area contributed by atoms with Crippen LogP contribution in [0.3, 0.4) is 0 Å². The molecule has 2 aliphatic rings. The lowest BCUT2D eigenvalue weighted by Gasteiger charge is -2.38. The van der Waals surface area contributed by atoms with Crippen LogP contribution >= 0.6 is 0 Å². The third-order valence-corrected chi connectivity index (χ3v) is 5.11. The molecule has 134 valence electrons. The molecule has 25 heavy (non-hydrogen) atoms. The van der Waals surface area contributed by atoms with Gasteiger partial charge in [-0.15, -0.1) is 0 Å². The smallest absolute Gasteiger partial charge is 0.335 e. The molecule has 0 aromatic heterocycles. The van der Waals surface area contributed by atoms with Crippen molar-refractivity contribution < 1.29 is 19.8 Å². The molecule has 2 fully saturated rings. The van der Waals surface area contributed by atoms with E-state index in [1.165, 1.54) is 18.2 Å². The number of carbonyl (C=O) groups is 2. The highest BCUT2D eigenvalue weighted by atomic mass is 16.4. The van der Waals surface area contributed by atoms with Crippen LogP contribution in [-0.2, 0) is 4.79 Å². The van der Waals surface area contributed by atoms with Crippen LogP contribution in [0, 0.1) is 0 Å². The van der Waals surface area contributed by atoms with Crippen LogP contribution in [0.15, 0.2) is 30.3 Å². The fourth-order valence-corrected chi connectivity index (χ4v) is 3.63. The maximum atomic E-state index is 12.3.